The highest BCUT2D eigenvalue weighted by molar-refractivity contribution is 6.01. The number of hydrogen-bond donors (Lipinski definition) is 2. The Morgan fingerprint density at radius 3 is 2.29 bits per heavy atom. The summed E-state index contributed by atoms with van der Waals surface area (Å²) in [5.41, 5.74) is 0.892. The summed E-state index contributed by atoms with van der Waals surface area (Å²) in [6, 6.07) is 10.3. The number of rotatable bonds is 3. The first-order chi connectivity index (χ1) is 8.33. The molecule has 0 aliphatic rings. The topological polar surface area (TPSA) is 78.6 Å². The van der Waals surface area contributed by atoms with E-state index >= 15 is 0 Å². The van der Waals surface area contributed by atoms with E-state index in [9.17, 15) is 5.11 Å². The highest BCUT2D eigenvalue weighted by atomic mass is 16.4. The molecule has 0 saturated carbocycles. The molecule has 2 aromatic heterocycles. The number of aliphatic hydroxyl groups is 1. The summed E-state index contributed by atoms with van der Waals surface area (Å²) in [6.07, 6.45) is 2.02. The minimum absolute atomic E-state index is 0.0734. The second-order valence-corrected chi connectivity index (χ2v) is 3.36. The second-order valence-electron chi connectivity index (χ2n) is 3.36. The Morgan fingerprint density at radius 1 is 1.06 bits per heavy atom. The van der Waals surface area contributed by atoms with E-state index in [2.05, 4.69) is 15.1 Å². The minimum atomic E-state index is -1.10. The standard InChI is InChI=1S/C12H11N3O2/c16-12(10-6-2-4-8-14-10)11(15-17)9-5-1-3-7-13-9/h1-8,12,16-17H/b15-11-. The highest BCUT2D eigenvalue weighted by Gasteiger charge is 2.19. The van der Waals surface area contributed by atoms with E-state index < -0.39 is 6.10 Å². The van der Waals surface area contributed by atoms with Gasteiger partial charge in [-0.1, -0.05) is 17.3 Å². The van der Waals surface area contributed by atoms with Crippen molar-refractivity contribution in [3.8, 4) is 0 Å². The van der Waals surface area contributed by atoms with Crippen LogP contribution in [0.4, 0.5) is 0 Å². The first-order valence-corrected chi connectivity index (χ1v) is 5.05. The van der Waals surface area contributed by atoms with Crippen LogP contribution in [0.1, 0.15) is 17.5 Å². The maximum atomic E-state index is 10.0. The van der Waals surface area contributed by atoms with Gasteiger partial charge in [0.2, 0.25) is 0 Å². The fourth-order valence-corrected chi connectivity index (χ4v) is 1.44. The number of pyridine rings is 2. The van der Waals surface area contributed by atoms with Crippen LogP contribution >= 0.6 is 0 Å². The van der Waals surface area contributed by atoms with Crippen molar-refractivity contribution in [1.29, 1.82) is 0 Å². The van der Waals surface area contributed by atoms with E-state index in [1.807, 2.05) is 0 Å². The Hall–Kier alpha value is -2.27. The molecule has 2 heterocycles. The summed E-state index contributed by atoms with van der Waals surface area (Å²) < 4.78 is 0. The van der Waals surface area contributed by atoms with Gasteiger partial charge in [0, 0.05) is 12.4 Å². The molecular formula is C12H11N3O2. The van der Waals surface area contributed by atoms with Crippen molar-refractivity contribution in [3.05, 3.63) is 60.2 Å². The predicted molar refractivity (Wildman–Crippen MR) is 61.8 cm³/mol. The lowest BCUT2D eigenvalue weighted by Gasteiger charge is -2.10. The van der Waals surface area contributed by atoms with E-state index in [1.165, 1.54) is 0 Å². The summed E-state index contributed by atoms with van der Waals surface area (Å²) in [5.74, 6) is 0. The van der Waals surface area contributed by atoms with Crippen molar-refractivity contribution >= 4 is 5.71 Å². The van der Waals surface area contributed by atoms with Crippen molar-refractivity contribution < 1.29 is 10.3 Å². The van der Waals surface area contributed by atoms with Gasteiger partial charge < -0.3 is 10.3 Å². The first-order valence-electron chi connectivity index (χ1n) is 5.05. The zero-order valence-electron chi connectivity index (χ0n) is 8.93. The Kier molecular flexibility index (Phi) is 3.42. The largest absolute Gasteiger partial charge is 0.410 e. The number of aliphatic hydroxyl groups excluding tert-OH is 1. The van der Waals surface area contributed by atoms with Crippen LogP contribution in [0.3, 0.4) is 0 Å². The van der Waals surface area contributed by atoms with Gasteiger partial charge >= 0.3 is 0 Å². The molecule has 5 nitrogen and oxygen atoms in total. The van der Waals surface area contributed by atoms with Gasteiger partial charge in [-0.3, -0.25) is 9.97 Å². The quantitative estimate of drug-likeness (QED) is 0.473. The average Bonchev–Trinajstić information content (AvgIpc) is 2.42. The summed E-state index contributed by atoms with van der Waals surface area (Å²) >= 11 is 0. The van der Waals surface area contributed by atoms with E-state index in [1.54, 1.807) is 48.8 Å². The van der Waals surface area contributed by atoms with Crippen LogP contribution < -0.4 is 0 Å². The Bertz CT molecular complexity index is 500. The molecule has 0 aliphatic carbocycles. The van der Waals surface area contributed by atoms with Gasteiger partial charge in [0.05, 0.1) is 11.4 Å². The maximum Gasteiger partial charge on any atom is 0.143 e. The molecule has 0 spiro atoms. The number of oxime groups is 1. The van der Waals surface area contributed by atoms with Gasteiger partial charge in [-0.25, -0.2) is 0 Å². The van der Waals surface area contributed by atoms with Crippen LogP contribution in [0.2, 0.25) is 0 Å². The van der Waals surface area contributed by atoms with Gasteiger partial charge in [0.25, 0.3) is 0 Å². The van der Waals surface area contributed by atoms with Gasteiger partial charge in [-0.15, -0.1) is 0 Å². The van der Waals surface area contributed by atoms with Crippen LogP contribution in [0, 0.1) is 0 Å². The molecule has 1 unspecified atom stereocenters. The monoisotopic (exact) mass is 229 g/mol. The molecule has 0 amide bonds. The normalized spacial score (nSPS) is 13.4. The fraction of sp³-hybridized carbons (Fsp3) is 0.0833. The van der Waals surface area contributed by atoms with Gasteiger partial charge in [0.15, 0.2) is 0 Å². The molecule has 0 fully saturated rings. The zero-order chi connectivity index (χ0) is 12.1. The predicted octanol–water partition coefficient (Wildman–Crippen LogP) is 1.39. The van der Waals surface area contributed by atoms with Crippen LogP contribution in [0.15, 0.2) is 53.9 Å². The number of nitrogens with zero attached hydrogens (tertiary/aromatic N) is 3. The molecule has 5 heteroatoms. The Balaban J connectivity index is 2.33. The molecule has 2 aromatic rings. The molecule has 0 radical (unpaired) electrons. The summed E-state index contributed by atoms with van der Waals surface area (Å²) in [5, 5.41) is 22.1. The summed E-state index contributed by atoms with van der Waals surface area (Å²) in [4.78, 5) is 8.02. The van der Waals surface area contributed by atoms with E-state index in [4.69, 9.17) is 5.21 Å². The minimum Gasteiger partial charge on any atom is -0.410 e. The maximum absolute atomic E-state index is 10.0. The van der Waals surface area contributed by atoms with Crippen LogP contribution in [0.5, 0.6) is 0 Å². The third kappa shape index (κ3) is 2.46. The molecule has 0 saturated heterocycles. The average molecular weight is 229 g/mol. The zero-order valence-corrected chi connectivity index (χ0v) is 8.93. The summed E-state index contributed by atoms with van der Waals surface area (Å²) in [7, 11) is 0. The molecule has 17 heavy (non-hydrogen) atoms. The molecule has 1 atom stereocenters. The Labute approximate surface area is 98.1 Å². The number of hydrogen-bond acceptors (Lipinski definition) is 5. The SMILES string of the molecule is O/N=C(/c1ccccn1)C(O)c1ccccn1. The van der Waals surface area contributed by atoms with E-state index in [-0.39, 0.29) is 5.71 Å². The van der Waals surface area contributed by atoms with Crippen molar-refractivity contribution in [2.24, 2.45) is 5.16 Å². The third-order valence-electron chi connectivity index (χ3n) is 2.26. The van der Waals surface area contributed by atoms with Crippen LogP contribution in [-0.4, -0.2) is 26.0 Å². The smallest absolute Gasteiger partial charge is 0.143 e. The van der Waals surface area contributed by atoms with Gasteiger partial charge in [-0.05, 0) is 24.3 Å². The van der Waals surface area contributed by atoms with E-state index in [0.717, 1.165) is 0 Å². The number of aromatic nitrogens is 2. The molecule has 0 bridgehead atoms. The second kappa shape index (κ2) is 5.18. The van der Waals surface area contributed by atoms with E-state index in [0.29, 0.717) is 11.4 Å². The van der Waals surface area contributed by atoms with Crippen LogP contribution in [0.25, 0.3) is 0 Å². The lowest BCUT2D eigenvalue weighted by atomic mass is 10.1. The fourth-order valence-electron chi connectivity index (χ4n) is 1.44. The van der Waals surface area contributed by atoms with Crippen molar-refractivity contribution in [2.75, 3.05) is 0 Å². The van der Waals surface area contributed by atoms with Crippen molar-refractivity contribution in [3.63, 3.8) is 0 Å². The molecule has 0 aliphatic heterocycles. The molecular weight excluding hydrogens is 218 g/mol. The van der Waals surface area contributed by atoms with Crippen molar-refractivity contribution in [2.45, 2.75) is 6.10 Å². The van der Waals surface area contributed by atoms with Crippen LogP contribution in [-0.2, 0) is 0 Å². The Morgan fingerprint density at radius 2 is 1.76 bits per heavy atom. The van der Waals surface area contributed by atoms with Crippen molar-refractivity contribution in [1.82, 2.24) is 9.97 Å². The molecule has 86 valence electrons. The van der Waals surface area contributed by atoms with Gasteiger partial charge in [0.1, 0.15) is 11.8 Å². The first kappa shape index (κ1) is 11.2. The van der Waals surface area contributed by atoms with Gasteiger partial charge in [-0.2, -0.15) is 0 Å². The molecule has 2 N–H and O–H groups in total. The lowest BCUT2D eigenvalue weighted by molar-refractivity contribution is 0.231. The highest BCUT2D eigenvalue weighted by Crippen LogP contribution is 2.15. The summed E-state index contributed by atoms with van der Waals surface area (Å²) in [6.45, 7) is 0. The molecule has 2 rings (SSSR count). The lowest BCUT2D eigenvalue weighted by Crippen LogP contribution is -2.16. The molecule has 0 aromatic carbocycles. The third-order valence-corrected chi connectivity index (χ3v) is 2.26.